The van der Waals surface area contributed by atoms with Crippen LogP contribution in [0.2, 0.25) is 0 Å². The minimum absolute atomic E-state index is 0.0165. The zero-order valence-electron chi connectivity index (χ0n) is 16.2. The Kier molecular flexibility index (Phi) is 4.98. The standard InChI is InChI=1S/C22H22FNO4/c1-22(2,3)14-8-5-12(6-9-14)18-17(20(26)21(27)24-18)19(25)13-7-10-16(28-4)15(23)11-13/h5-11,18,25H,1-4H3,(H,24,27)/t18-/m1/s1. The molecule has 0 spiro atoms. The summed E-state index contributed by atoms with van der Waals surface area (Å²) >= 11 is 0. The topological polar surface area (TPSA) is 75.6 Å². The molecule has 2 aromatic rings. The molecule has 0 aliphatic carbocycles. The predicted molar refractivity (Wildman–Crippen MR) is 104 cm³/mol. The molecule has 0 saturated carbocycles. The Labute approximate surface area is 162 Å². The fourth-order valence-electron chi connectivity index (χ4n) is 3.16. The molecule has 146 valence electrons. The van der Waals surface area contributed by atoms with Crippen LogP contribution < -0.4 is 10.1 Å². The van der Waals surface area contributed by atoms with Crippen molar-refractivity contribution in [3.05, 3.63) is 70.5 Å². The molecule has 0 aromatic heterocycles. The van der Waals surface area contributed by atoms with Crippen LogP contribution in [0, 0.1) is 5.82 Å². The summed E-state index contributed by atoms with van der Waals surface area (Å²) < 4.78 is 18.9. The Balaban J connectivity index is 2.06. The Hall–Kier alpha value is -3.15. The molecule has 0 bridgehead atoms. The zero-order chi connectivity index (χ0) is 20.6. The van der Waals surface area contributed by atoms with E-state index in [1.165, 1.54) is 19.2 Å². The van der Waals surface area contributed by atoms with Crippen molar-refractivity contribution >= 4 is 17.4 Å². The van der Waals surface area contributed by atoms with Gasteiger partial charge in [-0.3, -0.25) is 9.59 Å². The molecule has 1 amide bonds. The molecule has 0 radical (unpaired) electrons. The third-order valence-electron chi connectivity index (χ3n) is 4.81. The van der Waals surface area contributed by atoms with Crippen molar-refractivity contribution in [3.8, 4) is 5.75 Å². The third-order valence-corrected chi connectivity index (χ3v) is 4.81. The number of benzene rings is 2. The van der Waals surface area contributed by atoms with Crippen molar-refractivity contribution in [3.63, 3.8) is 0 Å². The van der Waals surface area contributed by atoms with Gasteiger partial charge in [0.2, 0.25) is 0 Å². The summed E-state index contributed by atoms with van der Waals surface area (Å²) in [6, 6.07) is 10.5. The van der Waals surface area contributed by atoms with Crippen LogP contribution in [-0.4, -0.2) is 23.9 Å². The van der Waals surface area contributed by atoms with Gasteiger partial charge in [-0.15, -0.1) is 0 Å². The number of halogens is 1. The number of Topliss-reactive ketones (excluding diaryl/α,β-unsaturated/α-hetero) is 1. The van der Waals surface area contributed by atoms with Crippen molar-refractivity contribution in [1.29, 1.82) is 0 Å². The maximum atomic E-state index is 14.0. The van der Waals surface area contributed by atoms with E-state index in [9.17, 15) is 19.1 Å². The fraction of sp³-hybridized carbons (Fsp3) is 0.273. The number of aliphatic hydroxyl groups excluding tert-OH is 1. The lowest BCUT2D eigenvalue weighted by atomic mass is 9.85. The molecule has 1 saturated heterocycles. The Morgan fingerprint density at radius 3 is 2.29 bits per heavy atom. The first-order valence-electron chi connectivity index (χ1n) is 8.86. The van der Waals surface area contributed by atoms with Gasteiger partial charge in [0, 0.05) is 5.56 Å². The number of amides is 1. The van der Waals surface area contributed by atoms with Crippen LogP contribution in [-0.2, 0) is 15.0 Å². The van der Waals surface area contributed by atoms with Crippen molar-refractivity contribution in [2.45, 2.75) is 32.2 Å². The number of ketones is 1. The van der Waals surface area contributed by atoms with E-state index in [4.69, 9.17) is 4.74 Å². The zero-order valence-corrected chi connectivity index (χ0v) is 16.2. The number of methoxy groups -OCH3 is 1. The Morgan fingerprint density at radius 2 is 1.75 bits per heavy atom. The third kappa shape index (κ3) is 3.50. The second-order valence-corrected chi connectivity index (χ2v) is 7.72. The van der Waals surface area contributed by atoms with E-state index in [1.54, 1.807) is 0 Å². The van der Waals surface area contributed by atoms with Gasteiger partial charge in [-0.1, -0.05) is 45.0 Å². The second-order valence-electron chi connectivity index (χ2n) is 7.72. The van der Waals surface area contributed by atoms with E-state index in [0.717, 1.165) is 11.6 Å². The highest BCUT2D eigenvalue weighted by molar-refractivity contribution is 6.46. The van der Waals surface area contributed by atoms with Crippen LogP contribution in [0.4, 0.5) is 4.39 Å². The van der Waals surface area contributed by atoms with Crippen molar-refractivity contribution in [2.24, 2.45) is 0 Å². The van der Waals surface area contributed by atoms with Crippen LogP contribution >= 0.6 is 0 Å². The van der Waals surface area contributed by atoms with Crippen LogP contribution in [0.25, 0.3) is 5.76 Å². The number of hydrogen-bond acceptors (Lipinski definition) is 4. The highest BCUT2D eigenvalue weighted by Crippen LogP contribution is 2.34. The molecular weight excluding hydrogens is 361 g/mol. The maximum absolute atomic E-state index is 14.0. The molecular formula is C22H22FNO4. The number of carbonyl (C=O) groups excluding carboxylic acids is 2. The molecule has 2 aromatic carbocycles. The smallest absolute Gasteiger partial charge is 0.293 e. The van der Waals surface area contributed by atoms with E-state index < -0.39 is 29.3 Å². The minimum Gasteiger partial charge on any atom is -0.507 e. The van der Waals surface area contributed by atoms with Crippen LogP contribution in [0.15, 0.2) is 48.0 Å². The van der Waals surface area contributed by atoms with E-state index in [0.29, 0.717) is 5.56 Å². The van der Waals surface area contributed by atoms with Gasteiger partial charge in [0.1, 0.15) is 5.76 Å². The normalized spacial score (nSPS) is 18.8. The van der Waals surface area contributed by atoms with Gasteiger partial charge < -0.3 is 15.2 Å². The molecule has 6 heteroatoms. The molecule has 1 aliphatic heterocycles. The van der Waals surface area contributed by atoms with Gasteiger partial charge in [-0.25, -0.2) is 4.39 Å². The molecule has 28 heavy (non-hydrogen) atoms. The Bertz CT molecular complexity index is 971. The molecule has 3 rings (SSSR count). The lowest BCUT2D eigenvalue weighted by Gasteiger charge is -2.20. The summed E-state index contributed by atoms with van der Waals surface area (Å²) in [4.78, 5) is 24.4. The average molecular weight is 383 g/mol. The summed E-state index contributed by atoms with van der Waals surface area (Å²) in [6.07, 6.45) is 0. The minimum atomic E-state index is -0.835. The van der Waals surface area contributed by atoms with Gasteiger partial charge in [-0.2, -0.15) is 0 Å². The number of hydrogen-bond donors (Lipinski definition) is 2. The molecule has 1 aliphatic rings. The SMILES string of the molecule is COc1ccc(C(O)=C2C(=O)C(=O)N[C@@H]2c2ccc(C(C)(C)C)cc2)cc1F. The quantitative estimate of drug-likeness (QED) is 0.480. The van der Waals surface area contributed by atoms with Crippen LogP contribution in [0.3, 0.4) is 0 Å². The lowest BCUT2D eigenvalue weighted by molar-refractivity contribution is -0.133. The maximum Gasteiger partial charge on any atom is 0.293 e. The van der Waals surface area contributed by atoms with Gasteiger partial charge in [-0.05, 0) is 34.7 Å². The van der Waals surface area contributed by atoms with E-state index in [1.807, 2.05) is 24.3 Å². The summed E-state index contributed by atoms with van der Waals surface area (Å²) in [5.41, 5.74) is 1.70. The molecule has 1 heterocycles. The summed E-state index contributed by atoms with van der Waals surface area (Å²) in [5, 5.41) is 13.3. The number of ether oxygens (including phenoxy) is 1. The molecule has 1 fully saturated rings. The summed E-state index contributed by atoms with van der Waals surface area (Å²) in [6.45, 7) is 6.24. The predicted octanol–water partition coefficient (Wildman–Crippen LogP) is 3.84. The number of carbonyl (C=O) groups is 2. The van der Waals surface area contributed by atoms with E-state index in [2.05, 4.69) is 26.1 Å². The first kappa shape index (κ1) is 19.6. The number of nitrogens with one attached hydrogen (secondary N) is 1. The largest absolute Gasteiger partial charge is 0.507 e. The van der Waals surface area contributed by atoms with Gasteiger partial charge in [0.15, 0.2) is 11.6 Å². The highest BCUT2D eigenvalue weighted by Gasteiger charge is 2.39. The monoisotopic (exact) mass is 383 g/mol. The van der Waals surface area contributed by atoms with E-state index >= 15 is 0 Å². The van der Waals surface area contributed by atoms with Gasteiger partial charge >= 0.3 is 0 Å². The van der Waals surface area contributed by atoms with E-state index in [-0.39, 0.29) is 22.3 Å². The van der Waals surface area contributed by atoms with Crippen molar-refractivity contribution in [1.82, 2.24) is 5.32 Å². The number of aliphatic hydroxyl groups is 1. The van der Waals surface area contributed by atoms with Gasteiger partial charge in [0.25, 0.3) is 11.7 Å². The second kappa shape index (κ2) is 7.11. The average Bonchev–Trinajstić information content (AvgIpc) is 2.95. The summed E-state index contributed by atoms with van der Waals surface area (Å²) in [7, 11) is 1.33. The van der Waals surface area contributed by atoms with Crippen LogP contribution in [0.5, 0.6) is 5.75 Å². The van der Waals surface area contributed by atoms with Crippen molar-refractivity contribution < 1.29 is 23.8 Å². The fourth-order valence-corrected chi connectivity index (χ4v) is 3.16. The Morgan fingerprint density at radius 1 is 1.11 bits per heavy atom. The van der Waals surface area contributed by atoms with Gasteiger partial charge in [0.05, 0.1) is 18.7 Å². The molecule has 2 N–H and O–H groups in total. The summed E-state index contributed by atoms with van der Waals surface area (Å²) in [5.74, 6) is -2.74. The lowest BCUT2D eigenvalue weighted by Crippen LogP contribution is -2.21. The molecule has 5 nitrogen and oxygen atoms in total. The van der Waals surface area contributed by atoms with Crippen molar-refractivity contribution in [2.75, 3.05) is 7.11 Å². The molecule has 1 atom stereocenters. The highest BCUT2D eigenvalue weighted by atomic mass is 19.1. The molecule has 0 unspecified atom stereocenters. The van der Waals surface area contributed by atoms with Crippen LogP contribution in [0.1, 0.15) is 43.5 Å². The number of rotatable bonds is 3. The first-order chi connectivity index (χ1) is 13.1. The first-order valence-corrected chi connectivity index (χ1v) is 8.86.